The van der Waals surface area contributed by atoms with Gasteiger partial charge in [-0.1, -0.05) is 0 Å². The van der Waals surface area contributed by atoms with Gasteiger partial charge >= 0.3 is 0 Å². The van der Waals surface area contributed by atoms with Crippen LogP contribution in [0.15, 0.2) is 17.0 Å². The van der Waals surface area contributed by atoms with Crippen LogP contribution in [0.3, 0.4) is 0 Å². The van der Waals surface area contributed by atoms with Crippen molar-refractivity contribution < 1.29 is 4.92 Å². The smallest absolute Gasteiger partial charge is 0.294 e. The highest BCUT2D eigenvalue weighted by Gasteiger charge is 2.18. The van der Waals surface area contributed by atoms with Crippen LogP contribution < -0.4 is 11.1 Å². The number of anilines is 2. The van der Waals surface area contributed by atoms with E-state index in [4.69, 9.17) is 5.73 Å². The summed E-state index contributed by atoms with van der Waals surface area (Å²) in [6, 6.07) is 3.18. The molecule has 21 heavy (non-hydrogen) atoms. The van der Waals surface area contributed by atoms with Crippen molar-refractivity contribution >= 4 is 28.8 Å². The molecular formula is C13H21N5O2S. The number of nitro groups is 1. The molecule has 1 aromatic rings. The molecule has 0 aliphatic carbocycles. The van der Waals surface area contributed by atoms with Crippen LogP contribution in [0.2, 0.25) is 0 Å². The molecule has 0 radical (unpaired) electrons. The quantitative estimate of drug-likeness (QED) is 0.359. The van der Waals surface area contributed by atoms with Crippen molar-refractivity contribution in [3.05, 3.63) is 22.2 Å². The number of thioether (sulfide) groups is 1. The zero-order chi connectivity index (χ0) is 15.4. The van der Waals surface area contributed by atoms with Crippen molar-refractivity contribution in [3.63, 3.8) is 0 Å². The third-order valence-corrected chi connectivity index (χ3v) is 4.39. The van der Waals surface area contributed by atoms with Gasteiger partial charge in [-0.3, -0.25) is 10.1 Å². The molecule has 1 heterocycles. The van der Waals surface area contributed by atoms with E-state index in [1.807, 2.05) is 6.26 Å². The van der Waals surface area contributed by atoms with Crippen LogP contribution in [-0.2, 0) is 0 Å². The molecule has 0 spiro atoms. The van der Waals surface area contributed by atoms with Crippen LogP contribution in [0.25, 0.3) is 0 Å². The number of nitrogens with zero attached hydrogens (tertiary/aromatic N) is 3. The minimum absolute atomic E-state index is 0.0476. The Morgan fingerprint density at radius 3 is 2.81 bits per heavy atom. The number of nitrogen functional groups attached to an aromatic ring is 1. The molecule has 1 fully saturated rings. The second-order valence-electron chi connectivity index (χ2n) is 4.98. The molecule has 1 aromatic carbocycles. The molecule has 0 bridgehead atoms. The zero-order valence-corrected chi connectivity index (χ0v) is 13.2. The summed E-state index contributed by atoms with van der Waals surface area (Å²) in [6.45, 7) is 3.76. The third kappa shape index (κ3) is 3.78. The lowest BCUT2D eigenvalue weighted by Gasteiger charge is -2.24. The van der Waals surface area contributed by atoms with E-state index in [0.29, 0.717) is 0 Å². The summed E-state index contributed by atoms with van der Waals surface area (Å²) in [5.41, 5.74) is 6.64. The van der Waals surface area contributed by atoms with Crippen molar-refractivity contribution in [2.75, 3.05) is 50.5 Å². The lowest BCUT2D eigenvalue weighted by atomic mass is 10.2. The number of hydrogen-bond donors (Lipinski definition) is 2. The van der Waals surface area contributed by atoms with Gasteiger partial charge < -0.3 is 11.1 Å². The number of nitro benzene ring substituents is 1. The highest BCUT2D eigenvalue weighted by Crippen LogP contribution is 2.34. The van der Waals surface area contributed by atoms with E-state index in [-0.39, 0.29) is 11.4 Å². The highest BCUT2D eigenvalue weighted by molar-refractivity contribution is 7.98. The van der Waals surface area contributed by atoms with Gasteiger partial charge in [0.2, 0.25) is 0 Å². The fourth-order valence-corrected chi connectivity index (χ4v) is 3.04. The van der Waals surface area contributed by atoms with Crippen molar-refractivity contribution in [1.29, 1.82) is 0 Å². The molecule has 3 N–H and O–H groups in total. The van der Waals surface area contributed by atoms with E-state index in [9.17, 15) is 10.1 Å². The fraction of sp³-hybridized carbons (Fsp3) is 0.538. The van der Waals surface area contributed by atoms with Crippen LogP contribution in [0, 0.1) is 10.1 Å². The number of hydrazine groups is 1. The molecule has 0 amide bonds. The van der Waals surface area contributed by atoms with Crippen LogP contribution in [-0.4, -0.2) is 54.4 Å². The first kappa shape index (κ1) is 15.9. The van der Waals surface area contributed by atoms with E-state index in [1.165, 1.54) is 24.2 Å². The minimum atomic E-state index is -0.446. The first-order valence-electron chi connectivity index (χ1n) is 6.84. The molecule has 2 rings (SSSR count). The van der Waals surface area contributed by atoms with Gasteiger partial charge in [0.15, 0.2) is 0 Å². The minimum Gasteiger partial charge on any atom is -0.393 e. The number of benzene rings is 1. The zero-order valence-electron chi connectivity index (χ0n) is 12.3. The largest absolute Gasteiger partial charge is 0.393 e. The summed E-state index contributed by atoms with van der Waals surface area (Å²) in [5.74, 6) is 0. The fourth-order valence-electron chi connectivity index (χ4n) is 2.45. The Balaban J connectivity index is 2.04. The predicted molar refractivity (Wildman–Crippen MR) is 86.6 cm³/mol. The van der Waals surface area contributed by atoms with Crippen molar-refractivity contribution in [2.24, 2.45) is 0 Å². The Morgan fingerprint density at radius 1 is 1.48 bits per heavy atom. The van der Waals surface area contributed by atoms with Crippen molar-refractivity contribution in [1.82, 2.24) is 10.0 Å². The number of rotatable bonds is 6. The standard InChI is InChI=1S/C13H21N5O2S/c1-16-5-3-6-17(16)7-4-15-11-9-12(18(19)20)10(14)8-13(11)21-2/h8-9,15H,3-7,14H2,1-2H3. The molecule has 0 atom stereocenters. The van der Waals surface area contributed by atoms with Crippen LogP contribution in [0.4, 0.5) is 17.1 Å². The number of nitrogens with one attached hydrogen (secondary N) is 1. The van der Waals surface area contributed by atoms with Crippen LogP contribution in [0.5, 0.6) is 0 Å². The van der Waals surface area contributed by atoms with Gasteiger partial charge in [0, 0.05) is 44.2 Å². The second-order valence-corrected chi connectivity index (χ2v) is 5.83. The summed E-state index contributed by atoms with van der Waals surface area (Å²) < 4.78 is 0. The number of nitrogens with two attached hydrogens (primary N) is 1. The van der Waals surface area contributed by atoms with Gasteiger partial charge in [0.05, 0.1) is 10.6 Å². The van der Waals surface area contributed by atoms with Gasteiger partial charge in [-0.25, -0.2) is 10.0 Å². The Kier molecular flexibility index (Phi) is 5.27. The van der Waals surface area contributed by atoms with E-state index < -0.39 is 4.92 Å². The summed E-state index contributed by atoms with van der Waals surface area (Å²) >= 11 is 1.52. The summed E-state index contributed by atoms with van der Waals surface area (Å²) in [5, 5.41) is 18.7. The average molecular weight is 311 g/mol. The summed E-state index contributed by atoms with van der Waals surface area (Å²) in [7, 11) is 2.08. The van der Waals surface area contributed by atoms with Crippen LogP contribution in [0.1, 0.15) is 6.42 Å². The van der Waals surface area contributed by atoms with E-state index in [1.54, 1.807) is 6.07 Å². The van der Waals surface area contributed by atoms with Gasteiger partial charge in [-0.05, 0) is 18.7 Å². The molecular weight excluding hydrogens is 290 g/mol. The molecule has 7 nitrogen and oxygen atoms in total. The highest BCUT2D eigenvalue weighted by atomic mass is 32.2. The third-order valence-electron chi connectivity index (χ3n) is 3.61. The van der Waals surface area contributed by atoms with Crippen molar-refractivity contribution in [2.45, 2.75) is 11.3 Å². The Labute approximate surface area is 128 Å². The van der Waals surface area contributed by atoms with E-state index in [0.717, 1.165) is 36.8 Å². The molecule has 116 valence electrons. The average Bonchev–Trinajstić information content (AvgIpc) is 2.85. The number of hydrogen-bond acceptors (Lipinski definition) is 7. The molecule has 0 unspecified atom stereocenters. The maximum absolute atomic E-state index is 11.0. The molecule has 1 aliphatic heterocycles. The van der Waals surface area contributed by atoms with Gasteiger partial charge in [0.1, 0.15) is 5.69 Å². The first-order valence-corrected chi connectivity index (χ1v) is 8.07. The SMILES string of the molecule is CSc1cc(N)c([N+](=O)[O-])cc1NCCN1CCCN1C. The van der Waals surface area contributed by atoms with Crippen molar-refractivity contribution in [3.8, 4) is 0 Å². The normalized spacial score (nSPS) is 16.3. The maximum Gasteiger partial charge on any atom is 0.294 e. The van der Waals surface area contributed by atoms with E-state index in [2.05, 4.69) is 22.4 Å². The summed E-state index contributed by atoms with van der Waals surface area (Å²) in [4.78, 5) is 11.5. The topological polar surface area (TPSA) is 87.7 Å². The Hall–Kier alpha value is -1.51. The lowest BCUT2D eigenvalue weighted by Crippen LogP contribution is -2.36. The van der Waals surface area contributed by atoms with Crippen LogP contribution >= 0.6 is 11.8 Å². The monoisotopic (exact) mass is 311 g/mol. The molecule has 0 aromatic heterocycles. The Bertz CT molecular complexity index is 526. The second kappa shape index (κ2) is 6.97. The molecule has 1 aliphatic rings. The first-order chi connectivity index (χ1) is 10.0. The lowest BCUT2D eigenvalue weighted by molar-refractivity contribution is -0.383. The van der Waals surface area contributed by atoms with Gasteiger partial charge in [-0.2, -0.15) is 0 Å². The van der Waals surface area contributed by atoms with Gasteiger partial charge in [-0.15, -0.1) is 11.8 Å². The van der Waals surface area contributed by atoms with E-state index >= 15 is 0 Å². The maximum atomic E-state index is 11.0. The predicted octanol–water partition coefficient (Wildman–Crippen LogP) is 1.86. The molecule has 0 saturated carbocycles. The summed E-state index contributed by atoms with van der Waals surface area (Å²) in [6.07, 6.45) is 3.11. The van der Waals surface area contributed by atoms with Gasteiger partial charge in [0.25, 0.3) is 5.69 Å². The molecule has 8 heteroatoms. The Morgan fingerprint density at radius 2 is 2.24 bits per heavy atom. The molecule has 1 saturated heterocycles.